The van der Waals surface area contributed by atoms with Crippen LogP contribution in [0.3, 0.4) is 0 Å². The monoisotopic (exact) mass is 252 g/mol. The summed E-state index contributed by atoms with van der Waals surface area (Å²) >= 11 is 0. The Bertz CT molecular complexity index is 600. The summed E-state index contributed by atoms with van der Waals surface area (Å²) in [5.41, 5.74) is 0.817. The molecule has 0 heterocycles. The van der Waals surface area contributed by atoms with Crippen molar-refractivity contribution in [3.8, 4) is 0 Å². The van der Waals surface area contributed by atoms with Crippen molar-refractivity contribution < 1.29 is 14.3 Å². The fraction of sp³-hybridized carbons (Fsp3) is 0. The Morgan fingerprint density at radius 3 is 1.79 bits per heavy atom. The molecule has 19 heavy (non-hydrogen) atoms. The SMILES string of the molecule is C=C(OC(=O)c1ccccc1)C(=O)c1ccccc1. The van der Waals surface area contributed by atoms with Gasteiger partial charge in [-0.05, 0) is 12.1 Å². The molecule has 2 rings (SSSR count). The molecule has 0 N–H and O–H groups in total. The molecule has 0 bridgehead atoms. The van der Waals surface area contributed by atoms with E-state index in [-0.39, 0.29) is 5.76 Å². The molecule has 0 saturated heterocycles. The van der Waals surface area contributed by atoms with Crippen molar-refractivity contribution in [2.45, 2.75) is 0 Å². The molecule has 0 unspecified atom stereocenters. The van der Waals surface area contributed by atoms with E-state index in [4.69, 9.17) is 4.74 Å². The highest BCUT2D eigenvalue weighted by Gasteiger charge is 2.15. The first-order valence-electron chi connectivity index (χ1n) is 5.74. The van der Waals surface area contributed by atoms with Crippen LogP contribution in [0.4, 0.5) is 0 Å². The molecular formula is C16H12O3. The minimum absolute atomic E-state index is 0.181. The van der Waals surface area contributed by atoms with Gasteiger partial charge in [-0.2, -0.15) is 0 Å². The highest BCUT2D eigenvalue weighted by atomic mass is 16.5. The van der Waals surface area contributed by atoms with Crippen LogP contribution in [-0.2, 0) is 4.74 Å². The number of carbonyl (C=O) groups excluding carboxylic acids is 2. The van der Waals surface area contributed by atoms with E-state index in [0.717, 1.165) is 0 Å². The van der Waals surface area contributed by atoms with E-state index in [1.807, 2.05) is 0 Å². The number of benzene rings is 2. The zero-order valence-electron chi connectivity index (χ0n) is 10.2. The fourth-order valence-corrected chi connectivity index (χ4v) is 1.54. The number of ether oxygens (including phenoxy) is 1. The van der Waals surface area contributed by atoms with Gasteiger partial charge in [0.2, 0.25) is 5.78 Å². The van der Waals surface area contributed by atoms with Crippen LogP contribution >= 0.6 is 0 Å². The van der Waals surface area contributed by atoms with Crippen LogP contribution in [0, 0.1) is 0 Å². The van der Waals surface area contributed by atoms with Crippen LogP contribution in [0.1, 0.15) is 20.7 Å². The summed E-state index contributed by atoms with van der Waals surface area (Å²) in [6.07, 6.45) is 0. The molecule has 0 spiro atoms. The number of Topliss-reactive ketones (excluding diaryl/α,β-unsaturated/α-hetero) is 1. The van der Waals surface area contributed by atoms with Crippen LogP contribution in [-0.4, -0.2) is 11.8 Å². The molecule has 3 heteroatoms. The third-order valence-electron chi connectivity index (χ3n) is 2.51. The molecule has 3 nitrogen and oxygen atoms in total. The molecule has 2 aromatic carbocycles. The summed E-state index contributed by atoms with van der Waals surface area (Å²) in [5, 5.41) is 0. The van der Waals surface area contributed by atoms with Crippen LogP contribution in [0.5, 0.6) is 0 Å². The van der Waals surface area contributed by atoms with E-state index in [9.17, 15) is 9.59 Å². The zero-order chi connectivity index (χ0) is 13.7. The highest BCUT2D eigenvalue weighted by Crippen LogP contribution is 2.10. The van der Waals surface area contributed by atoms with Crippen LogP contribution in [0.15, 0.2) is 73.0 Å². The van der Waals surface area contributed by atoms with E-state index in [1.165, 1.54) is 0 Å². The van der Waals surface area contributed by atoms with Gasteiger partial charge in [0, 0.05) is 5.56 Å². The van der Waals surface area contributed by atoms with Gasteiger partial charge in [0.05, 0.1) is 5.56 Å². The lowest BCUT2D eigenvalue weighted by molar-refractivity contribution is 0.0591. The maximum atomic E-state index is 11.9. The number of rotatable bonds is 4. The van der Waals surface area contributed by atoms with Gasteiger partial charge < -0.3 is 4.74 Å². The highest BCUT2D eigenvalue weighted by molar-refractivity contribution is 6.08. The fourth-order valence-electron chi connectivity index (χ4n) is 1.54. The number of hydrogen-bond acceptors (Lipinski definition) is 3. The zero-order valence-corrected chi connectivity index (χ0v) is 10.2. The van der Waals surface area contributed by atoms with Crippen molar-refractivity contribution in [3.63, 3.8) is 0 Å². The first-order valence-corrected chi connectivity index (χ1v) is 5.74. The topological polar surface area (TPSA) is 43.4 Å². The molecule has 0 radical (unpaired) electrons. The summed E-state index contributed by atoms with van der Waals surface area (Å²) in [5.74, 6) is -1.17. The van der Waals surface area contributed by atoms with Crippen LogP contribution in [0.25, 0.3) is 0 Å². The molecule has 0 fully saturated rings. The van der Waals surface area contributed by atoms with Gasteiger partial charge in [-0.15, -0.1) is 0 Å². The van der Waals surface area contributed by atoms with Crippen LogP contribution < -0.4 is 0 Å². The average molecular weight is 252 g/mol. The molecular weight excluding hydrogens is 240 g/mol. The summed E-state index contributed by atoms with van der Waals surface area (Å²) in [6.45, 7) is 3.50. The van der Waals surface area contributed by atoms with Gasteiger partial charge in [-0.1, -0.05) is 55.1 Å². The largest absolute Gasteiger partial charge is 0.419 e. The number of allylic oxidation sites excluding steroid dienone is 1. The van der Waals surface area contributed by atoms with E-state index in [1.54, 1.807) is 60.7 Å². The minimum atomic E-state index is -0.588. The van der Waals surface area contributed by atoms with E-state index in [0.29, 0.717) is 11.1 Å². The Balaban J connectivity index is 2.06. The Kier molecular flexibility index (Phi) is 3.88. The molecule has 0 amide bonds. The number of ketones is 1. The second kappa shape index (κ2) is 5.78. The second-order valence-corrected chi connectivity index (χ2v) is 3.87. The predicted octanol–water partition coefficient (Wildman–Crippen LogP) is 3.24. The quantitative estimate of drug-likeness (QED) is 0.363. The molecule has 0 aliphatic rings. The summed E-state index contributed by atoms with van der Waals surface area (Å²) < 4.78 is 4.97. The first kappa shape index (κ1) is 12.8. The third-order valence-corrected chi connectivity index (χ3v) is 2.51. The number of carbonyl (C=O) groups is 2. The number of esters is 1. The Morgan fingerprint density at radius 1 is 0.789 bits per heavy atom. The van der Waals surface area contributed by atoms with Crippen molar-refractivity contribution in [2.24, 2.45) is 0 Å². The maximum absolute atomic E-state index is 11.9. The molecule has 0 aliphatic carbocycles. The maximum Gasteiger partial charge on any atom is 0.343 e. The smallest absolute Gasteiger partial charge is 0.343 e. The molecule has 0 atom stereocenters. The first-order chi connectivity index (χ1) is 9.18. The molecule has 94 valence electrons. The summed E-state index contributed by atoms with van der Waals surface area (Å²) in [4.78, 5) is 23.7. The summed E-state index contributed by atoms with van der Waals surface area (Å²) in [6, 6.07) is 17.0. The molecule has 2 aromatic rings. The Morgan fingerprint density at radius 2 is 1.26 bits per heavy atom. The van der Waals surface area contributed by atoms with E-state index < -0.39 is 11.8 Å². The van der Waals surface area contributed by atoms with Gasteiger partial charge in [-0.3, -0.25) is 4.79 Å². The molecule has 0 aliphatic heterocycles. The van der Waals surface area contributed by atoms with Crippen molar-refractivity contribution in [2.75, 3.05) is 0 Å². The summed E-state index contributed by atoms with van der Waals surface area (Å²) in [7, 11) is 0. The number of hydrogen-bond donors (Lipinski definition) is 0. The Hall–Kier alpha value is -2.68. The molecule has 0 saturated carbocycles. The Labute approximate surface area is 111 Å². The molecule has 0 aromatic heterocycles. The predicted molar refractivity (Wildman–Crippen MR) is 71.8 cm³/mol. The van der Waals surface area contributed by atoms with Crippen LogP contribution in [0.2, 0.25) is 0 Å². The van der Waals surface area contributed by atoms with Crippen molar-refractivity contribution in [3.05, 3.63) is 84.1 Å². The minimum Gasteiger partial charge on any atom is -0.419 e. The van der Waals surface area contributed by atoms with Crippen molar-refractivity contribution in [1.29, 1.82) is 0 Å². The second-order valence-electron chi connectivity index (χ2n) is 3.87. The van der Waals surface area contributed by atoms with Gasteiger partial charge in [0.15, 0.2) is 5.76 Å². The standard InChI is InChI=1S/C16H12O3/c1-12(15(17)13-8-4-2-5-9-13)19-16(18)14-10-6-3-7-11-14/h2-11H,1H2. The lowest BCUT2D eigenvalue weighted by Crippen LogP contribution is -2.11. The van der Waals surface area contributed by atoms with Gasteiger partial charge in [-0.25, -0.2) is 4.79 Å². The van der Waals surface area contributed by atoms with Gasteiger partial charge in [0.25, 0.3) is 0 Å². The van der Waals surface area contributed by atoms with Crippen molar-refractivity contribution >= 4 is 11.8 Å². The lowest BCUT2D eigenvalue weighted by Gasteiger charge is -2.06. The van der Waals surface area contributed by atoms with Crippen molar-refractivity contribution in [1.82, 2.24) is 0 Å². The van der Waals surface area contributed by atoms with E-state index in [2.05, 4.69) is 6.58 Å². The van der Waals surface area contributed by atoms with E-state index >= 15 is 0 Å². The third kappa shape index (κ3) is 3.16. The van der Waals surface area contributed by atoms with Gasteiger partial charge in [0.1, 0.15) is 0 Å². The van der Waals surface area contributed by atoms with Gasteiger partial charge >= 0.3 is 5.97 Å². The normalized spacial score (nSPS) is 9.68. The lowest BCUT2D eigenvalue weighted by atomic mass is 10.1. The average Bonchev–Trinajstić information content (AvgIpc) is 2.48.